The number of nitrogens with two attached hydrogens (primary N) is 1. The molecule has 2 rings (SSSR count). The Kier molecular flexibility index (Phi) is 3.07. The van der Waals surface area contributed by atoms with Crippen molar-refractivity contribution in [1.29, 1.82) is 0 Å². The molecule has 2 N–H and O–H groups in total. The van der Waals surface area contributed by atoms with Crippen LogP contribution in [0, 0.1) is 6.92 Å². The molecule has 1 aromatic heterocycles. The van der Waals surface area contributed by atoms with E-state index in [-0.39, 0.29) is 5.54 Å². The molecule has 0 bridgehead atoms. The first-order valence-electron chi connectivity index (χ1n) is 5.89. The van der Waals surface area contributed by atoms with Gasteiger partial charge in [-0.2, -0.15) is 0 Å². The van der Waals surface area contributed by atoms with Gasteiger partial charge in [0.15, 0.2) is 0 Å². The Labute approximate surface area is 102 Å². The zero-order valence-corrected chi connectivity index (χ0v) is 10.7. The first-order valence-corrected chi connectivity index (χ1v) is 5.89. The third kappa shape index (κ3) is 3.21. The molecule has 1 heterocycles. The predicted molar refractivity (Wildman–Crippen MR) is 70.9 cm³/mol. The van der Waals surface area contributed by atoms with Crippen molar-refractivity contribution in [2.75, 3.05) is 0 Å². The molecule has 0 saturated heterocycles. The molecule has 0 unspecified atom stereocenters. The van der Waals surface area contributed by atoms with Crippen molar-refractivity contribution in [3.8, 4) is 11.3 Å². The summed E-state index contributed by atoms with van der Waals surface area (Å²) in [7, 11) is 0. The molecule has 0 amide bonds. The van der Waals surface area contributed by atoms with E-state index in [1.165, 1.54) is 5.56 Å². The molecule has 2 nitrogen and oxygen atoms in total. The maximum absolute atomic E-state index is 5.98. The fourth-order valence-electron chi connectivity index (χ4n) is 1.79. The Hall–Kier alpha value is -1.54. The van der Waals surface area contributed by atoms with Crippen molar-refractivity contribution in [2.24, 2.45) is 5.73 Å². The smallest absolute Gasteiger partial charge is 0.134 e. The summed E-state index contributed by atoms with van der Waals surface area (Å²) >= 11 is 0. The molecule has 0 aliphatic carbocycles. The second-order valence-electron chi connectivity index (χ2n) is 5.30. The molecule has 2 aromatic rings. The number of furan rings is 1. The van der Waals surface area contributed by atoms with Crippen molar-refractivity contribution in [2.45, 2.75) is 32.7 Å². The minimum Gasteiger partial charge on any atom is -0.461 e. The number of aryl methyl sites for hydroxylation is 1. The third-order valence-electron chi connectivity index (χ3n) is 2.63. The molecular formula is C15H19NO. The normalized spacial score (nSPS) is 11.8. The van der Waals surface area contributed by atoms with Gasteiger partial charge in [-0.05, 0) is 32.9 Å². The zero-order valence-electron chi connectivity index (χ0n) is 10.7. The molecular weight excluding hydrogens is 210 g/mol. The quantitative estimate of drug-likeness (QED) is 0.874. The Morgan fingerprint density at radius 3 is 2.29 bits per heavy atom. The average Bonchev–Trinajstić information content (AvgIpc) is 2.64. The van der Waals surface area contributed by atoms with Gasteiger partial charge < -0.3 is 10.2 Å². The lowest BCUT2D eigenvalue weighted by Crippen LogP contribution is -2.34. The maximum Gasteiger partial charge on any atom is 0.134 e. The van der Waals surface area contributed by atoms with E-state index in [2.05, 4.69) is 31.2 Å². The SMILES string of the molecule is Cc1ccc(-c2ccc(CC(C)(C)N)o2)cc1. The highest BCUT2D eigenvalue weighted by atomic mass is 16.3. The largest absolute Gasteiger partial charge is 0.461 e. The standard InChI is InChI=1S/C15H19NO/c1-11-4-6-12(7-5-11)14-9-8-13(17-14)10-15(2,3)16/h4-9H,10,16H2,1-3H3. The summed E-state index contributed by atoms with van der Waals surface area (Å²) in [6.07, 6.45) is 0.749. The third-order valence-corrected chi connectivity index (χ3v) is 2.63. The van der Waals surface area contributed by atoms with E-state index >= 15 is 0 Å². The number of hydrogen-bond acceptors (Lipinski definition) is 2. The van der Waals surface area contributed by atoms with Crippen LogP contribution in [0.25, 0.3) is 11.3 Å². The molecule has 0 spiro atoms. The van der Waals surface area contributed by atoms with Gasteiger partial charge >= 0.3 is 0 Å². The number of benzene rings is 1. The summed E-state index contributed by atoms with van der Waals surface area (Å²) in [5, 5.41) is 0. The Balaban J connectivity index is 2.21. The van der Waals surface area contributed by atoms with Crippen molar-refractivity contribution in [3.05, 3.63) is 47.7 Å². The monoisotopic (exact) mass is 229 g/mol. The van der Waals surface area contributed by atoms with Crippen molar-refractivity contribution in [3.63, 3.8) is 0 Å². The number of hydrogen-bond donors (Lipinski definition) is 1. The lowest BCUT2D eigenvalue weighted by Gasteiger charge is -2.15. The van der Waals surface area contributed by atoms with E-state index in [0.717, 1.165) is 23.5 Å². The average molecular weight is 229 g/mol. The lowest BCUT2D eigenvalue weighted by atomic mass is 10.0. The van der Waals surface area contributed by atoms with Crippen LogP contribution < -0.4 is 5.73 Å². The molecule has 17 heavy (non-hydrogen) atoms. The first-order chi connectivity index (χ1) is 7.94. The highest BCUT2D eigenvalue weighted by molar-refractivity contribution is 5.57. The van der Waals surface area contributed by atoms with E-state index in [4.69, 9.17) is 10.2 Å². The summed E-state index contributed by atoms with van der Waals surface area (Å²) in [4.78, 5) is 0. The van der Waals surface area contributed by atoms with Crippen LogP contribution in [0.5, 0.6) is 0 Å². The summed E-state index contributed by atoms with van der Waals surface area (Å²) in [5.74, 6) is 1.84. The van der Waals surface area contributed by atoms with E-state index in [0.29, 0.717) is 0 Å². The van der Waals surface area contributed by atoms with Crippen LogP contribution in [0.15, 0.2) is 40.8 Å². The minimum absolute atomic E-state index is 0.234. The topological polar surface area (TPSA) is 39.2 Å². The van der Waals surface area contributed by atoms with Gasteiger partial charge in [-0.3, -0.25) is 0 Å². The molecule has 0 saturated carbocycles. The van der Waals surface area contributed by atoms with Crippen molar-refractivity contribution in [1.82, 2.24) is 0 Å². The van der Waals surface area contributed by atoms with Gasteiger partial charge in [0.05, 0.1) is 0 Å². The van der Waals surface area contributed by atoms with Crippen LogP contribution in [0.1, 0.15) is 25.2 Å². The summed E-state index contributed by atoms with van der Waals surface area (Å²) in [5.41, 5.74) is 8.10. The van der Waals surface area contributed by atoms with Crippen LogP contribution in [-0.2, 0) is 6.42 Å². The zero-order chi connectivity index (χ0) is 12.5. The Morgan fingerprint density at radius 2 is 1.71 bits per heavy atom. The molecule has 0 fully saturated rings. The van der Waals surface area contributed by atoms with Gasteiger partial charge in [-0.15, -0.1) is 0 Å². The number of rotatable bonds is 3. The molecule has 90 valence electrons. The van der Waals surface area contributed by atoms with Gasteiger partial charge in [0.2, 0.25) is 0 Å². The minimum atomic E-state index is -0.234. The van der Waals surface area contributed by atoms with E-state index < -0.39 is 0 Å². The van der Waals surface area contributed by atoms with Crippen LogP contribution in [0.4, 0.5) is 0 Å². The molecule has 0 atom stereocenters. The Bertz CT molecular complexity index is 488. The highest BCUT2D eigenvalue weighted by Gasteiger charge is 2.14. The first kappa shape index (κ1) is 11.9. The Morgan fingerprint density at radius 1 is 1.06 bits per heavy atom. The summed E-state index contributed by atoms with van der Waals surface area (Å²) in [6, 6.07) is 12.3. The molecule has 0 radical (unpaired) electrons. The van der Waals surface area contributed by atoms with Crippen molar-refractivity contribution < 1.29 is 4.42 Å². The van der Waals surface area contributed by atoms with E-state index in [1.807, 2.05) is 26.0 Å². The van der Waals surface area contributed by atoms with Gasteiger partial charge in [0, 0.05) is 17.5 Å². The summed E-state index contributed by atoms with van der Waals surface area (Å²) in [6.45, 7) is 6.08. The van der Waals surface area contributed by atoms with Gasteiger partial charge in [0.25, 0.3) is 0 Å². The molecule has 0 aliphatic heterocycles. The van der Waals surface area contributed by atoms with E-state index in [9.17, 15) is 0 Å². The van der Waals surface area contributed by atoms with Gasteiger partial charge in [-0.1, -0.05) is 29.8 Å². The molecule has 2 heteroatoms. The van der Waals surface area contributed by atoms with Crippen LogP contribution in [0.3, 0.4) is 0 Å². The predicted octanol–water partition coefficient (Wildman–Crippen LogP) is 3.53. The van der Waals surface area contributed by atoms with Crippen LogP contribution >= 0.6 is 0 Å². The van der Waals surface area contributed by atoms with Crippen molar-refractivity contribution >= 4 is 0 Å². The highest BCUT2D eigenvalue weighted by Crippen LogP contribution is 2.24. The lowest BCUT2D eigenvalue weighted by molar-refractivity contribution is 0.436. The molecule has 1 aromatic carbocycles. The van der Waals surface area contributed by atoms with Crippen LogP contribution in [-0.4, -0.2) is 5.54 Å². The maximum atomic E-state index is 5.98. The van der Waals surface area contributed by atoms with Gasteiger partial charge in [0.1, 0.15) is 11.5 Å². The fourth-order valence-corrected chi connectivity index (χ4v) is 1.79. The van der Waals surface area contributed by atoms with Gasteiger partial charge in [-0.25, -0.2) is 0 Å². The molecule has 0 aliphatic rings. The second-order valence-corrected chi connectivity index (χ2v) is 5.30. The second kappa shape index (κ2) is 4.38. The fraction of sp³-hybridized carbons (Fsp3) is 0.333. The van der Waals surface area contributed by atoms with Crippen LogP contribution in [0.2, 0.25) is 0 Å². The van der Waals surface area contributed by atoms with E-state index in [1.54, 1.807) is 0 Å². The summed E-state index contributed by atoms with van der Waals surface area (Å²) < 4.78 is 5.81.